The first kappa shape index (κ1) is 17.4. The third kappa shape index (κ3) is 4.75. The molecule has 2 heterocycles. The van der Waals surface area contributed by atoms with E-state index < -0.39 is 0 Å². The minimum absolute atomic E-state index is 0.00340. The molecule has 0 radical (unpaired) electrons. The molecule has 0 spiro atoms. The third-order valence-corrected chi connectivity index (χ3v) is 4.11. The first-order valence-corrected chi connectivity index (χ1v) is 7.85. The van der Waals surface area contributed by atoms with Crippen LogP contribution in [0, 0.1) is 6.92 Å². The molecule has 0 saturated carbocycles. The van der Waals surface area contributed by atoms with Crippen LogP contribution >= 0.6 is 0 Å². The first-order chi connectivity index (χ1) is 10.9. The Kier molecular flexibility index (Phi) is 5.70. The van der Waals surface area contributed by atoms with E-state index in [9.17, 15) is 9.59 Å². The Morgan fingerprint density at radius 1 is 1.39 bits per heavy atom. The normalized spacial score (nSPS) is 18.2. The first-order valence-electron chi connectivity index (χ1n) is 7.85. The highest BCUT2D eigenvalue weighted by atomic mass is 16.5. The smallest absolute Gasteiger partial charge is 0.223 e. The molecule has 1 aliphatic rings. The van der Waals surface area contributed by atoms with Crippen LogP contribution in [0.3, 0.4) is 0 Å². The second-order valence-corrected chi connectivity index (χ2v) is 6.16. The fourth-order valence-corrected chi connectivity index (χ4v) is 2.80. The van der Waals surface area contributed by atoms with Gasteiger partial charge in [0.15, 0.2) is 5.82 Å². The van der Waals surface area contributed by atoms with Crippen molar-refractivity contribution >= 4 is 11.8 Å². The lowest BCUT2D eigenvalue weighted by Crippen LogP contribution is -2.40. The lowest BCUT2D eigenvalue weighted by Gasteiger charge is -2.27. The summed E-state index contributed by atoms with van der Waals surface area (Å²) >= 11 is 0. The van der Waals surface area contributed by atoms with E-state index >= 15 is 0 Å². The zero-order valence-electron chi connectivity index (χ0n) is 14.3. The van der Waals surface area contributed by atoms with Gasteiger partial charge in [-0.3, -0.25) is 9.59 Å². The van der Waals surface area contributed by atoms with Crippen molar-refractivity contribution in [2.24, 2.45) is 0 Å². The Labute approximate surface area is 136 Å². The minimum atomic E-state index is 0.00340. The number of nitrogens with zero attached hydrogens (tertiary/aromatic N) is 5. The Morgan fingerprint density at radius 2 is 2.13 bits per heavy atom. The molecule has 1 saturated heterocycles. The fraction of sp³-hybridized carbons (Fsp3) is 0.733. The summed E-state index contributed by atoms with van der Waals surface area (Å²) < 4.78 is 4.96. The van der Waals surface area contributed by atoms with Crippen LogP contribution in [-0.2, 0) is 16.1 Å². The van der Waals surface area contributed by atoms with Crippen molar-refractivity contribution < 1.29 is 14.1 Å². The van der Waals surface area contributed by atoms with Gasteiger partial charge >= 0.3 is 0 Å². The number of aryl methyl sites for hydroxylation is 1. The molecule has 1 aromatic rings. The van der Waals surface area contributed by atoms with Crippen LogP contribution < -0.4 is 0 Å². The molecular weight excluding hydrogens is 298 g/mol. The maximum Gasteiger partial charge on any atom is 0.223 e. The molecule has 0 unspecified atom stereocenters. The second-order valence-electron chi connectivity index (χ2n) is 6.16. The Balaban J connectivity index is 1.89. The Hall–Kier alpha value is -1.96. The number of amides is 2. The second kappa shape index (κ2) is 7.54. The number of carbonyl (C=O) groups is 2. The highest BCUT2D eigenvalue weighted by Gasteiger charge is 2.30. The van der Waals surface area contributed by atoms with Crippen molar-refractivity contribution in [3.63, 3.8) is 0 Å². The number of aromatic nitrogens is 2. The standard InChI is InChI=1S/C15H25N5O3/c1-11-16-14(17-23-11)10-20(12(2)21)13-5-7-19(9-13)8-6-15(22)18(3)4/h13H,5-10H2,1-4H3/t13-/m1/s1. The topological polar surface area (TPSA) is 82.8 Å². The number of carbonyl (C=O) groups excluding carboxylic acids is 2. The summed E-state index contributed by atoms with van der Waals surface area (Å²) in [5.74, 6) is 1.15. The maximum absolute atomic E-state index is 12.0. The van der Waals surface area contributed by atoms with Gasteiger partial charge in [-0.25, -0.2) is 0 Å². The van der Waals surface area contributed by atoms with Crippen LogP contribution in [0.1, 0.15) is 31.5 Å². The average Bonchev–Trinajstić information content (AvgIpc) is 3.10. The quantitative estimate of drug-likeness (QED) is 0.748. The molecule has 1 aliphatic heterocycles. The average molecular weight is 323 g/mol. The number of hydrogen-bond acceptors (Lipinski definition) is 6. The lowest BCUT2D eigenvalue weighted by atomic mass is 10.2. The molecule has 1 fully saturated rings. The van der Waals surface area contributed by atoms with Crippen molar-refractivity contribution in [3.05, 3.63) is 11.7 Å². The predicted octanol–water partition coefficient (Wildman–Crippen LogP) is 0.279. The number of rotatable bonds is 6. The van der Waals surface area contributed by atoms with E-state index in [2.05, 4.69) is 15.0 Å². The number of likely N-dealkylation sites (tertiary alicyclic amines) is 1. The van der Waals surface area contributed by atoms with Gasteiger partial charge in [0, 0.05) is 60.0 Å². The molecule has 8 heteroatoms. The van der Waals surface area contributed by atoms with Crippen molar-refractivity contribution in [1.82, 2.24) is 24.8 Å². The lowest BCUT2D eigenvalue weighted by molar-refractivity contribution is -0.132. The van der Waals surface area contributed by atoms with Gasteiger partial charge in [-0.05, 0) is 6.42 Å². The molecule has 0 aliphatic carbocycles. The summed E-state index contributed by atoms with van der Waals surface area (Å²) in [6.07, 6.45) is 1.40. The van der Waals surface area contributed by atoms with Gasteiger partial charge in [0.05, 0.1) is 6.54 Å². The van der Waals surface area contributed by atoms with E-state index in [1.165, 1.54) is 0 Å². The van der Waals surface area contributed by atoms with E-state index in [1.54, 1.807) is 37.7 Å². The summed E-state index contributed by atoms with van der Waals surface area (Å²) in [5, 5.41) is 3.86. The molecule has 2 amide bonds. The monoisotopic (exact) mass is 323 g/mol. The zero-order valence-corrected chi connectivity index (χ0v) is 14.3. The van der Waals surface area contributed by atoms with Gasteiger partial charge in [0.25, 0.3) is 0 Å². The van der Waals surface area contributed by atoms with E-state index in [0.717, 1.165) is 26.1 Å². The summed E-state index contributed by atoms with van der Waals surface area (Å²) in [7, 11) is 3.53. The largest absolute Gasteiger partial charge is 0.349 e. The number of hydrogen-bond donors (Lipinski definition) is 0. The van der Waals surface area contributed by atoms with Gasteiger partial charge in [0.2, 0.25) is 17.7 Å². The Bertz CT molecular complexity index is 557. The molecule has 0 aromatic carbocycles. The molecule has 0 N–H and O–H groups in total. The van der Waals surface area contributed by atoms with Crippen LogP contribution in [0.15, 0.2) is 4.52 Å². The third-order valence-electron chi connectivity index (χ3n) is 4.11. The van der Waals surface area contributed by atoms with Crippen molar-refractivity contribution in [3.8, 4) is 0 Å². The Morgan fingerprint density at radius 3 is 2.70 bits per heavy atom. The maximum atomic E-state index is 12.0. The predicted molar refractivity (Wildman–Crippen MR) is 83.4 cm³/mol. The zero-order chi connectivity index (χ0) is 17.0. The van der Waals surface area contributed by atoms with Gasteiger partial charge in [-0.1, -0.05) is 5.16 Å². The van der Waals surface area contributed by atoms with Gasteiger partial charge in [-0.15, -0.1) is 0 Å². The van der Waals surface area contributed by atoms with Crippen molar-refractivity contribution in [1.29, 1.82) is 0 Å². The van der Waals surface area contributed by atoms with Crippen LogP contribution in [0.25, 0.3) is 0 Å². The van der Waals surface area contributed by atoms with E-state index in [1.807, 2.05) is 0 Å². The summed E-state index contributed by atoms with van der Waals surface area (Å²) in [5.41, 5.74) is 0. The fourth-order valence-electron chi connectivity index (χ4n) is 2.80. The highest BCUT2D eigenvalue weighted by Crippen LogP contribution is 2.18. The molecule has 23 heavy (non-hydrogen) atoms. The summed E-state index contributed by atoms with van der Waals surface area (Å²) in [4.78, 5) is 33.4. The molecule has 2 rings (SSSR count). The van der Waals surface area contributed by atoms with E-state index in [0.29, 0.717) is 24.7 Å². The van der Waals surface area contributed by atoms with E-state index in [4.69, 9.17) is 4.52 Å². The molecule has 0 bridgehead atoms. The van der Waals surface area contributed by atoms with Crippen LogP contribution in [0.5, 0.6) is 0 Å². The van der Waals surface area contributed by atoms with Crippen LogP contribution in [0.2, 0.25) is 0 Å². The summed E-state index contributed by atoms with van der Waals surface area (Å²) in [6.45, 7) is 6.04. The van der Waals surface area contributed by atoms with Gasteiger partial charge in [0.1, 0.15) is 0 Å². The molecule has 1 aromatic heterocycles. The van der Waals surface area contributed by atoms with Crippen LogP contribution in [-0.4, -0.2) is 76.4 Å². The van der Waals surface area contributed by atoms with Crippen molar-refractivity contribution in [2.45, 2.75) is 39.3 Å². The molecular formula is C15H25N5O3. The summed E-state index contributed by atoms with van der Waals surface area (Å²) in [6, 6.07) is 0.126. The minimum Gasteiger partial charge on any atom is -0.349 e. The molecule has 1 atom stereocenters. The van der Waals surface area contributed by atoms with Crippen molar-refractivity contribution in [2.75, 3.05) is 33.7 Å². The molecule has 128 valence electrons. The molecule has 8 nitrogen and oxygen atoms in total. The van der Waals surface area contributed by atoms with Crippen LogP contribution in [0.4, 0.5) is 0 Å². The van der Waals surface area contributed by atoms with Gasteiger partial charge < -0.3 is 19.2 Å². The SMILES string of the molecule is CC(=O)N(Cc1noc(C)n1)[C@@H]1CCN(CCC(=O)N(C)C)C1. The van der Waals surface area contributed by atoms with Gasteiger partial charge in [-0.2, -0.15) is 4.98 Å². The van der Waals surface area contributed by atoms with E-state index in [-0.39, 0.29) is 17.9 Å². The highest BCUT2D eigenvalue weighted by molar-refractivity contribution is 5.75.